The molecule has 6 nitrogen and oxygen atoms in total. The fourth-order valence-corrected chi connectivity index (χ4v) is 0. The number of hydrogen-bond donors (Lipinski definition) is 2. The Morgan fingerprint density at radius 3 is 0.900 bits per heavy atom. The molecule has 0 fully saturated rings. The molecule has 0 unspecified atom stereocenters. The van der Waals surface area contributed by atoms with Crippen LogP contribution < -0.4 is 10.3 Å². The zero-order chi connectivity index (χ0) is 9.00. The molecule has 0 atom stereocenters. The van der Waals surface area contributed by atoms with Crippen LogP contribution in [-0.4, -0.2) is 29.3 Å². The highest BCUT2D eigenvalue weighted by molar-refractivity contribution is 7.89. The zero-order valence-electron chi connectivity index (χ0n) is 5.60. The van der Waals surface area contributed by atoms with E-state index in [4.69, 9.17) is 0 Å². The van der Waals surface area contributed by atoms with E-state index in [-0.39, 0.29) is 0 Å². The van der Waals surface area contributed by atoms with Gasteiger partial charge in [-0.1, -0.05) is 0 Å². The summed E-state index contributed by atoms with van der Waals surface area (Å²) in [4.78, 5) is 0. The van der Waals surface area contributed by atoms with Gasteiger partial charge < -0.3 is 0 Å². The monoisotopic (exact) mass is 190 g/mol. The fourth-order valence-electron chi connectivity index (χ4n) is 0. The van der Waals surface area contributed by atoms with Crippen LogP contribution in [0.4, 0.5) is 0 Å². The summed E-state index contributed by atoms with van der Waals surface area (Å²) in [6.45, 7) is 0. The number of rotatable bonds is 0. The van der Waals surface area contributed by atoms with Crippen LogP contribution >= 0.6 is 0 Å². The van der Waals surface area contributed by atoms with Crippen molar-refractivity contribution in [2.75, 3.05) is 12.5 Å². The Morgan fingerprint density at radius 1 is 0.900 bits per heavy atom. The highest BCUT2D eigenvalue weighted by atomic mass is 32.2. The van der Waals surface area contributed by atoms with E-state index < -0.39 is 20.0 Å². The predicted molar refractivity (Wildman–Crippen MR) is 38.1 cm³/mol. The predicted octanol–water partition coefficient (Wildman–Crippen LogP) is -2.19. The third-order valence-corrected chi connectivity index (χ3v) is 0. The second-order valence-electron chi connectivity index (χ2n) is 1.73. The Bertz CT molecular complexity index is 216. The molecule has 10 heavy (non-hydrogen) atoms. The molecule has 0 aliphatic carbocycles. The van der Waals surface area contributed by atoms with Crippen LogP contribution in [0.1, 0.15) is 0 Å². The first kappa shape index (κ1) is 12.5. The summed E-state index contributed by atoms with van der Waals surface area (Å²) in [6, 6.07) is 0. The van der Waals surface area contributed by atoms with Crippen molar-refractivity contribution >= 4 is 20.0 Å². The van der Waals surface area contributed by atoms with Gasteiger partial charge >= 0.3 is 0 Å². The summed E-state index contributed by atoms with van der Waals surface area (Å²) in [5.74, 6) is 0. The van der Waals surface area contributed by atoms with Crippen molar-refractivity contribution in [3.63, 3.8) is 0 Å². The van der Waals surface area contributed by atoms with Crippen molar-refractivity contribution in [3.05, 3.63) is 0 Å². The molecule has 64 valence electrons. The summed E-state index contributed by atoms with van der Waals surface area (Å²) < 4.78 is 37.6. The molecule has 0 saturated carbocycles. The molecular weight excluding hydrogens is 180 g/mol. The SMILES string of the molecule is CS(C)(=O)=O.NS(N)(=O)=O. The maximum atomic E-state index is 9.63. The first-order valence-electron chi connectivity index (χ1n) is 1.95. The summed E-state index contributed by atoms with van der Waals surface area (Å²) in [5.41, 5.74) is 0. The van der Waals surface area contributed by atoms with Crippen LogP contribution in [-0.2, 0) is 20.0 Å². The lowest BCUT2D eigenvalue weighted by atomic mass is 11.9. The molecule has 0 aromatic carbocycles. The standard InChI is InChI=1S/C2H6O2S.H4N2O2S/c2*1-5(2,3)4/h1-2H3;(H4,1,2,3,4). The maximum absolute atomic E-state index is 9.63. The van der Waals surface area contributed by atoms with Crippen molar-refractivity contribution in [1.29, 1.82) is 0 Å². The summed E-state index contributed by atoms with van der Waals surface area (Å²) >= 11 is 0. The molecule has 0 radical (unpaired) electrons. The van der Waals surface area contributed by atoms with Gasteiger partial charge in [0, 0.05) is 12.5 Å². The van der Waals surface area contributed by atoms with E-state index in [2.05, 4.69) is 10.3 Å². The third-order valence-electron chi connectivity index (χ3n) is 0. The fraction of sp³-hybridized carbons (Fsp3) is 1.00. The molecule has 8 heteroatoms. The minimum absolute atomic E-state index is 1.16. The van der Waals surface area contributed by atoms with Crippen molar-refractivity contribution < 1.29 is 16.8 Å². The van der Waals surface area contributed by atoms with Gasteiger partial charge in [0.2, 0.25) is 0 Å². The Kier molecular flexibility index (Phi) is 4.82. The molecule has 0 spiro atoms. The topological polar surface area (TPSA) is 120 Å². The van der Waals surface area contributed by atoms with Gasteiger partial charge in [-0.2, -0.15) is 8.42 Å². The normalized spacial score (nSPS) is 11.6. The minimum Gasteiger partial charge on any atom is -0.229 e. The molecule has 0 aliphatic heterocycles. The molecule has 0 bridgehead atoms. The molecule has 0 aromatic rings. The minimum atomic E-state index is -3.67. The summed E-state index contributed by atoms with van der Waals surface area (Å²) in [6.07, 6.45) is 2.32. The van der Waals surface area contributed by atoms with Crippen LogP contribution in [0.2, 0.25) is 0 Å². The quantitative estimate of drug-likeness (QED) is 0.450. The average Bonchev–Trinajstić information content (AvgIpc) is 1.12. The zero-order valence-corrected chi connectivity index (χ0v) is 7.24. The third kappa shape index (κ3) is 11200. The average molecular weight is 190 g/mol. The van der Waals surface area contributed by atoms with Crippen LogP contribution in [0.25, 0.3) is 0 Å². The number of sulfone groups is 1. The Balaban J connectivity index is 0. The first-order chi connectivity index (χ1) is 4.00. The van der Waals surface area contributed by atoms with Crippen LogP contribution in [0.15, 0.2) is 0 Å². The van der Waals surface area contributed by atoms with E-state index in [9.17, 15) is 16.8 Å². The number of nitrogens with two attached hydrogens (primary N) is 2. The lowest BCUT2D eigenvalue weighted by Gasteiger charge is -1.72. The highest BCUT2D eigenvalue weighted by Gasteiger charge is 1.79. The van der Waals surface area contributed by atoms with Crippen molar-refractivity contribution in [2.24, 2.45) is 10.3 Å². The largest absolute Gasteiger partial charge is 0.271 e. The molecular formula is C2H10N2O4S2. The second-order valence-corrected chi connectivity index (χ2v) is 5.20. The van der Waals surface area contributed by atoms with Gasteiger partial charge in [0.1, 0.15) is 9.84 Å². The van der Waals surface area contributed by atoms with Gasteiger partial charge in [-0.25, -0.2) is 18.7 Å². The summed E-state index contributed by atoms with van der Waals surface area (Å²) in [5, 5.41) is 8.21. The molecule has 0 heterocycles. The van der Waals surface area contributed by atoms with E-state index in [0.717, 1.165) is 12.5 Å². The molecule has 0 aliphatic rings. The lowest BCUT2D eigenvalue weighted by Crippen LogP contribution is -2.21. The maximum Gasteiger partial charge on any atom is 0.271 e. The van der Waals surface area contributed by atoms with Gasteiger partial charge in [-0.05, 0) is 0 Å². The van der Waals surface area contributed by atoms with Crippen molar-refractivity contribution in [3.8, 4) is 0 Å². The lowest BCUT2D eigenvalue weighted by molar-refractivity contribution is 0.599. The molecule has 4 N–H and O–H groups in total. The first-order valence-corrected chi connectivity index (χ1v) is 5.86. The van der Waals surface area contributed by atoms with Gasteiger partial charge in [-0.3, -0.25) is 0 Å². The van der Waals surface area contributed by atoms with Gasteiger partial charge in [0.15, 0.2) is 0 Å². The van der Waals surface area contributed by atoms with E-state index in [1.165, 1.54) is 0 Å². The second kappa shape index (κ2) is 3.86. The molecule has 0 rings (SSSR count). The number of hydrogen-bond acceptors (Lipinski definition) is 4. The molecule has 0 amide bonds. The van der Waals surface area contributed by atoms with Crippen LogP contribution in [0.3, 0.4) is 0 Å². The summed E-state index contributed by atoms with van der Waals surface area (Å²) in [7, 11) is -6.33. The Morgan fingerprint density at radius 2 is 0.900 bits per heavy atom. The van der Waals surface area contributed by atoms with Crippen LogP contribution in [0, 0.1) is 0 Å². The van der Waals surface area contributed by atoms with Crippen LogP contribution in [0.5, 0.6) is 0 Å². The molecule has 0 aromatic heterocycles. The van der Waals surface area contributed by atoms with E-state index >= 15 is 0 Å². The Hall–Kier alpha value is -0.180. The molecule has 0 saturated heterocycles. The van der Waals surface area contributed by atoms with Crippen molar-refractivity contribution in [1.82, 2.24) is 0 Å². The van der Waals surface area contributed by atoms with Gasteiger partial charge in [-0.15, -0.1) is 0 Å². The van der Waals surface area contributed by atoms with E-state index in [0.29, 0.717) is 0 Å². The van der Waals surface area contributed by atoms with Gasteiger partial charge in [0.25, 0.3) is 10.2 Å². The highest BCUT2D eigenvalue weighted by Crippen LogP contribution is 1.61. The smallest absolute Gasteiger partial charge is 0.229 e. The van der Waals surface area contributed by atoms with E-state index in [1.807, 2.05) is 0 Å². The Labute approximate surface area is 60.3 Å². The van der Waals surface area contributed by atoms with E-state index in [1.54, 1.807) is 0 Å². The van der Waals surface area contributed by atoms with Gasteiger partial charge in [0.05, 0.1) is 0 Å². The van der Waals surface area contributed by atoms with Crippen molar-refractivity contribution in [2.45, 2.75) is 0 Å².